The number of hydrogen-bond donors (Lipinski definition) is 0. The van der Waals surface area contributed by atoms with Gasteiger partial charge in [0.1, 0.15) is 5.60 Å². The van der Waals surface area contributed by atoms with Crippen LogP contribution in [-0.2, 0) is 9.53 Å². The van der Waals surface area contributed by atoms with Crippen LogP contribution in [-0.4, -0.2) is 16.6 Å². The van der Waals surface area contributed by atoms with Gasteiger partial charge in [-0.1, -0.05) is 0 Å². The molecule has 0 aliphatic rings. The van der Waals surface area contributed by atoms with Crippen LogP contribution in [0.25, 0.3) is 0 Å². The molecule has 1 atom stereocenters. The van der Waals surface area contributed by atoms with Crippen molar-refractivity contribution in [1.82, 2.24) is 4.98 Å². The Hall–Kier alpha value is -1.89. The van der Waals surface area contributed by atoms with Gasteiger partial charge in [0.15, 0.2) is 5.92 Å². The second-order valence-electron chi connectivity index (χ2n) is 4.85. The van der Waals surface area contributed by atoms with Crippen molar-refractivity contribution in [2.75, 3.05) is 0 Å². The molecule has 90 valence electrons. The number of ether oxygens (including phenoxy) is 1. The molecule has 0 radical (unpaired) electrons. The Labute approximate surface area is 101 Å². The fourth-order valence-electron chi connectivity index (χ4n) is 1.32. The van der Waals surface area contributed by atoms with E-state index in [-0.39, 0.29) is 0 Å². The maximum atomic E-state index is 11.8. The highest BCUT2D eigenvalue weighted by Crippen LogP contribution is 2.19. The van der Waals surface area contributed by atoms with Crippen molar-refractivity contribution < 1.29 is 9.53 Å². The van der Waals surface area contributed by atoms with Gasteiger partial charge in [-0.15, -0.1) is 0 Å². The van der Waals surface area contributed by atoms with E-state index in [0.717, 1.165) is 5.56 Å². The zero-order valence-electron chi connectivity index (χ0n) is 10.5. The topological polar surface area (TPSA) is 63.0 Å². The molecule has 0 saturated carbocycles. The summed E-state index contributed by atoms with van der Waals surface area (Å²) in [4.78, 5) is 15.9. The first-order chi connectivity index (χ1) is 7.83. The minimum absolute atomic E-state index is 0.432. The van der Waals surface area contributed by atoms with E-state index in [4.69, 9.17) is 10.00 Å². The summed E-state index contributed by atoms with van der Waals surface area (Å²) in [6.45, 7) is 7.18. The molecule has 1 aromatic rings. The molecule has 0 aliphatic heterocycles. The van der Waals surface area contributed by atoms with Gasteiger partial charge in [0.05, 0.1) is 11.8 Å². The van der Waals surface area contributed by atoms with Crippen molar-refractivity contribution in [3.05, 3.63) is 29.6 Å². The lowest BCUT2D eigenvalue weighted by atomic mass is 10.0. The minimum Gasteiger partial charge on any atom is -0.459 e. The van der Waals surface area contributed by atoms with Crippen LogP contribution in [0.3, 0.4) is 0 Å². The van der Waals surface area contributed by atoms with Crippen LogP contribution < -0.4 is 0 Å². The molecule has 0 bridgehead atoms. The van der Waals surface area contributed by atoms with Crippen LogP contribution >= 0.6 is 0 Å². The highest BCUT2D eigenvalue weighted by Gasteiger charge is 2.27. The monoisotopic (exact) mass is 232 g/mol. The predicted molar refractivity (Wildman–Crippen MR) is 63.2 cm³/mol. The fraction of sp³-hybridized carbons (Fsp3) is 0.462. The smallest absolute Gasteiger partial charge is 0.330 e. The molecule has 0 aromatic carbocycles. The van der Waals surface area contributed by atoms with Crippen LogP contribution in [0.2, 0.25) is 0 Å². The molecule has 0 fully saturated rings. The lowest BCUT2D eigenvalue weighted by Gasteiger charge is -2.21. The standard InChI is InChI=1S/C13H16N2O2/c1-9-5-6-15-11(7-9)10(8-14)12(16)17-13(2,3)4/h5-7,10H,1-4H3/t10-/m0/s1. The maximum Gasteiger partial charge on any atom is 0.330 e. The first-order valence-electron chi connectivity index (χ1n) is 5.38. The van der Waals surface area contributed by atoms with Gasteiger partial charge in [-0.3, -0.25) is 9.78 Å². The molecule has 1 rings (SSSR count). The summed E-state index contributed by atoms with van der Waals surface area (Å²) in [5.41, 5.74) is 0.788. The molecule has 0 unspecified atom stereocenters. The van der Waals surface area contributed by atoms with Crippen LogP contribution in [0.5, 0.6) is 0 Å². The van der Waals surface area contributed by atoms with E-state index >= 15 is 0 Å². The number of carbonyl (C=O) groups excluding carboxylic acids is 1. The summed E-state index contributed by atoms with van der Waals surface area (Å²) in [5.74, 6) is -1.52. The first kappa shape index (κ1) is 13.2. The number of nitriles is 1. The van der Waals surface area contributed by atoms with E-state index in [1.54, 1.807) is 33.0 Å². The molecule has 1 aromatic heterocycles. The van der Waals surface area contributed by atoms with Crippen LogP contribution in [0, 0.1) is 18.3 Å². The molecule has 1 heterocycles. The second-order valence-corrected chi connectivity index (χ2v) is 4.85. The molecule has 0 spiro atoms. The minimum atomic E-state index is -0.964. The normalized spacial score (nSPS) is 12.6. The number of nitrogens with zero attached hydrogens (tertiary/aromatic N) is 2. The quantitative estimate of drug-likeness (QED) is 0.734. The molecule has 4 heteroatoms. The number of esters is 1. The molecule has 0 amide bonds. The highest BCUT2D eigenvalue weighted by molar-refractivity contribution is 5.81. The predicted octanol–water partition coefficient (Wildman–Crippen LogP) is 2.34. The van der Waals surface area contributed by atoms with Crippen molar-refractivity contribution >= 4 is 5.97 Å². The second kappa shape index (κ2) is 4.96. The Bertz CT molecular complexity index is 455. The fourth-order valence-corrected chi connectivity index (χ4v) is 1.32. The third-order valence-electron chi connectivity index (χ3n) is 2.00. The molecule has 0 aliphatic carbocycles. The number of rotatable bonds is 2. The van der Waals surface area contributed by atoms with Gasteiger partial charge < -0.3 is 4.74 Å². The van der Waals surface area contributed by atoms with Gasteiger partial charge in [-0.05, 0) is 45.4 Å². The lowest BCUT2D eigenvalue weighted by molar-refractivity contribution is -0.155. The number of hydrogen-bond acceptors (Lipinski definition) is 4. The van der Waals surface area contributed by atoms with Crippen molar-refractivity contribution in [1.29, 1.82) is 5.26 Å². The van der Waals surface area contributed by atoms with Crippen LogP contribution in [0.1, 0.15) is 37.9 Å². The highest BCUT2D eigenvalue weighted by atomic mass is 16.6. The van der Waals surface area contributed by atoms with E-state index in [2.05, 4.69) is 4.98 Å². The maximum absolute atomic E-state index is 11.8. The summed E-state index contributed by atoms with van der Waals surface area (Å²) in [6.07, 6.45) is 1.58. The summed E-state index contributed by atoms with van der Waals surface area (Å²) in [7, 11) is 0. The Morgan fingerprint density at radius 1 is 1.53 bits per heavy atom. The SMILES string of the molecule is Cc1ccnc([C@H](C#N)C(=O)OC(C)(C)C)c1. The average Bonchev–Trinajstić information content (AvgIpc) is 2.15. The van der Waals surface area contributed by atoms with Gasteiger partial charge in [0.25, 0.3) is 0 Å². The summed E-state index contributed by atoms with van der Waals surface area (Å²) in [5, 5.41) is 9.05. The van der Waals surface area contributed by atoms with E-state index in [1.165, 1.54) is 0 Å². The molecule has 0 N–H and O–H groups in total. The van der Waals surface area contributed by atoms with Crippen molar-refractivity contribution in [2.45, 2.75) is 39.2 Å². The van der Waals surface area contributed by atoms with Gasteiger partial charge in [0, 0.05) is 6.20 Å². The molecular formula is C13H16N2O2. The Morgan fingerprint density at radius 2 is 2.18 bits per heavy atom. The van der Waals surface area contributed by atoms with Crippen molar-refractivity contribution in [2.24, 2.45) is 0 Å². The Morgan fingerprint density at radius 3 is 2.65 bits per heavy atom. The lowest BCUT2D eigenvalue weighted by Crippen LogP contribution is -2.27. The largest absolute Gasteiger partial charge is 0.459 e. The molecule has 0 saturated heterocycles. The summed E-state index contributed by atoms with van der Waals surface area (Å²) < 4.78 is 5.18. The summed E-state index contributed by atoms with van der Waals surface area (Å²) in [6, 6.07) is 5.46. The third-order valence-corrected chi connectivity index (χ3v) is 2.00. The molecule has 17 heavy (non-hydrogen) atoms. The average molecular weight is 232 g/mol. The Kier molecular flexibility index (Phi) is 3.84. The van der Waals surface area contributed by atoms with Gasteiger partial charge in [-0.2, -0.15) is 5.26 Å². The molecular weight excluding hydrogens is 216 g/mol. The van der Waals surface area contributed by atoms with Gasteiger partial charge >= 0.3 is 5.97 Å². The molecule has 4 nitrogen and oxygen atoms in total. The van der Waals surface area contributed by atoms with Crippen molar-refractivity contribution in [3.63, 3.8) is 0 Å². The van der Waals surface area contributed by atoms with E-state index in [0.29, 0.717) is 5.69 Å². The van der Waals surface area contributed by atoms with Crippen LogP contribution in [0.15, 0.2) is 18.3 Å². The zero-order valence-corrected chi connectivity index (χ0v) is 10.5. The van der Waals surface area contributed by atoms with E-state index in [9.17, 15) is 4.79 Å². The number of aromatic nitrogens is 1. The zero-order chi connectivity index (χ0) is 13.1. The number of aryl methyl sites for hydroxylation is 1. The third kappa shape index (κ3) is 3.87. The summed E-state index contributed by atoms with van der Waals surface area (Å²) >= 11 is 0. The van der Waals surface area contributed by atoms with Gasteiger partial charge in [0.2, 0.25) is 0 Å². The number of pyridine rings is 1. The van der Waals surface area contributed by atoms with E-state index in [1.807, 2.05) is 19.1 Å². The first-order valence-corrected chi connectivity index (χ1v) is 5.38. The van der Waals surface area contributed by atoms with Crippen LogP contribution in [0.4, 0.5) is 0 Å². The van der Waals surface area contributed by atoms with Gasteiger partial charge in [-0.25, -0.2) is 0 Å². The Balaban J connectivity index is 2.94. The number of carbonyl (C=O) groups is 1. The van der Waals surface area contributed by atoms with E-state index < -0.39 is 17.5 Å². The van der Waals surface area contributed by atoms with Crippen molar-refractivity contribution in [3.8, 4) is 6.07 Å².